The Hall–Kier alpha value is -7.34. The molecule has 266 valence electrons. The Morgan fingerprint density at radius 2 is 0.825 bits per heavy atom. The number of hydrogen-bond donors (Lipinski definition) is 0. The van der Waals surface area contributed by atoms with Gasteiger partial charge in [-0.3, -0.25) is 0 Å². The molecule has 0 spiro atoms. The van der Waals surface area contributed by atoms with Crippen LogP contribution in [-0.4, -0.2) is 19.9 Å². The van der Waals surface area contributed by atoms with Crippen LogP contribution in [0.1, 0.15) is 0 Å². The molecule has 0 amide bonds. The molecule has 0 N–H and O–H groups in total. The molecule has 0 unspecified atom stereocenters. The zero-order valence-electron chi connectivity index (χ0n) is 30.7. The number of fused-ring (bicyclic) bond motifs is 7. The normalized spacial score (nSPS) is 11.5. The van der Waals surface area contributed by atoms with Gasteiger partial charge in [0.2, 0.25) is 0 Å². The summed E-state index contributed by atoms with van der Waals surface area (Å²) in [5.41, 5.74) is 10.4. The molecule has 0 bridgehead atoms. The predicted molar refractivity (Wildman–Crippen MR) is 238 cm³/mol. The van der Waals surface area contributed by atoms with Crippen molar-refractivity contribution in [2.24, 2.45) is 0 Å². The maximum Gasteiger partial charge on any atom is 0.164 e. The van der Waals surface area contributed by atoms with Crippen molar-refractivity contribution in [2.75, 3.05) is 0 Å². The molecular formula is C52H32N4S. The van der Waals surface area contributed by atoms with E-state index in [2.05, 4.69) is 158 Å². The molecule has 0 aliphatic heterocycles. The number of para-hydroxylation sites is 1. The summed E-state index contributed by atoms with van der Waals surface area (Å²) < 4.78 is 2.50. The van der Waals surface area contributed by atoms with Crippen molar-refractivity contribution >= 4 is 53.2 Å². The lowest BCUT2D eigenvalue weighted by atomic mass is 9.91. The molecule has 0 aliphatic rings. The molecule has 5 heteroatoms. The Morgan fingerprint density at radius 1 is 0.316 bits per heavy atom. The van der Waals surface area contributed by atoms with E-state index in [0.717, 1.165) is 60.9 Å². The topological polar surface area (TPSA) is 51.6 Å². The van der Waals surface area contributed by atoms with Crippen LogP contribution in [0.4, 0.5) is 0 Å². The second-order valence-electron chi connectivity index (χ2n) is 14.2. The smallest absolute Gasteiger partial charge is 0.164 e. The van der Waals surface area contributed by atoms with Crippen molar-refractivity contribution < 1.29 is 0 Å². The fraction of sp³-hybridized carbons (Fsp3) is 0. The summed E-state index contributed by atoms with van der Waals surface area (Å²) in [6.07, 6.45) is 0. The highest BCUT2D eigenvalue weighted by Gasteiger charge is 2.21. The van der Waals surface area contributed by atoms with E-state index in [4.69, 9.17) is 19.9 Å². The van der Waals surface area contributed by atoms with Gasteiger partial charge in [0.05, 0.1) is 11.2 Å². The average Bonchev–Trinajstić information content (AvgIpc) is 3.69. The van der Waals surface area contributed by atoms with Gasteiger partial charge in [0, 0.05) is 64.1 Å². The summed E-state index contributed by atoms with van der Waals surface area (Å²) in [4.78, 5) is 20.6. The molecule has 11 aromatic rings. The number of aromatic nitrogens is 4. The van der Waals surface area contributed by atoms with Crippen molar-refractivity contribution in [3.63, 3.8) is 0 Å². The number of pyridine rings is 1. The summed E-state index contributed by atoms with van der Waals surface area (Å²) in [6.45, 7) is 0. The average molecular weight is 745 g/mol. The van der Waals surface area contributed by atoms with Crippen molar-refractivity contribution in [1.82, 2.24) is 19.9 Å². The van der Waals surface area contributed by atoms with E-state index < -0.39 is 0 Å². The van der Waals surface area contributed by atoms with Gasteiger partial charge in [-0.1, -0.05) is 170 Å². The molecule has 3 aromatic heterocycles. The van der Waals surface area contributed by atoms with E-state index in [1.807, 2.05) is 47.7 Å². The van der Waals surface area contributed by atoms with E-state index in [1.54, 1.807) is 0 Å². The molecule has 0 fully saturated rings. The van der Waals surface area contributed by atoms with Gasteiger partial charge in [-0.05, 0) is 41.0 Å². The number of hydrogen-bond acceptors (Lipinski definition) is 5. The summed E-state index contributed by atoms with van der Waals surface area (Å²) in [5, 5.41) is 6.04. The second kappa shape index (κ2) is 13.7. The number of thiophene rings is 1. The first-order chi connectivity index (χ1) is 28.2. The summed E-state index contributed by atoms with van der Waals surface area (Å²) >= 11 is 1.85. The Morgan fingerprint density at radius 3 is 1.54 bits per heavy atom. The highest BCUT2D eigenvalue weighted by Crippen LogP contribution is 2.48. The summed E-state index contributed by atoms with van der Waals surface area (Å²) in [7, 11) is 0. The predicted octanol–water partition coefficient (Wildman–Crippen LogP) is 13.9. The van der Waals surface area contributed by atoms with Gasteiger partial charge >= 0.3 is 0 Å². The second-order valence-corrected chi connectivity index (χ2v) is 15.2. The number of rotatable bonds is 6. The highest BCUT2D eigenvalue weighted by atomic mass is 32.1. The molecule has 11 rings (SSSR count). The van der Waals surface area contributed by atoms with E-state index in [0.29, 0.717) is 17.5 Å². The minimum Gasteiger partial charge on any atom is -0.247 e. The molecule has 0 saturated heterocycles. The maximum absolute atomic E-state index is 5.32. The minimum atomic E-state index is 0.624. The number of nitrogens with zero attached hydrogens (tertiary/aromatic N) is 4. The van der Waals surface area contributed by atoms with Gasteiger partial charge < -0.3 is 0 Å². The zero-order chi connectivity index (χ0) is 37.7. The quantitative estimate of drug-likeness (QED) is 0.159. The Kier molecular flexibility index (Phi) is 7.97. The van der Waals surface area contributed by atoms with Crippen LogP contribution in [0.5, 0.6) is 0 Å². The van der Waals surface area contributed by atoms with Gasteiger partial charge in [0.25, 0.3) is 0 Å². The fourth-order valence-electron chi connectivity index (χ4n) is 7.98. The highest BCUT2D eigenvalue weighted by molar-refractivity contribution is 7.26. The first-order valence-corrected chi connectivity index (χ1v) is 19.9. The molecule has 0 aliphatic carbocycles. The van der Waals surface area contributed by atoms with E-state index in [9.17, 15) is 0 Å². The van der Waals surface area contributed by atoms with Crippen LogP contribution < -0.4 is 0 Å². The third-order valence-corrected chi connectivity index (χ3v) is 11.9. The first kappa shape index (κ1) is 33.0. The Bertz CT molecular complexity index is 3270. The standard InChI is InChI=1S/C52H32N4S/c1-4-15-33(16-5-1)34-27-29-37(30-28-34)51-54-50(36-19-8-3-9-20-36)55-52(56-51)39-22-14-21-38(31-39)42-32-43-46(47-41-24-11-13-26-45(41)57-49(42)47)40-23-10-12-25-44(40)53-48(43)35-17-6-2-7-18-35/h1-32H. The van der Waals surface area contributed by atoms with Gasteiger partial charge in [-0.25, -0.2) is 19.9 Å². The fourth-order valence-corrected chi connectivity index (χ4v) is 9.23. The van der Waals surface area contributed by atoms with Gasteiger partial charge in [0.15, 0.2) is 17.5 Å². The lowest BCUT2D eigenvalue weighted by Gasteiger charge is -2.15. The third kappa shape index (κ3) is 5.84. The third-order valence-electron chi connectivity index (χ3n) is 10.7. The SMILES string of the molecule is c1ccc(-c2ccc(-c3nc(-c4ccccc4)nc(-c4cccc(-c5cc6c(-c7ccccc7)nc7ccccc7c6c6c5sc5ccccc56)c4)n3)cc2)cc1. The van der Waals surface area contributed by atoms with Crippen LogP contribution in [0.15, 0.2) is 194 Å². The van der Waals surface area contributed by atoms with Crippen molar-refractivity contribution in [2.45, 2.75) is 0 Å². The summed E-state index contributed by atoms with van der Waals surface area (Å²) in [6, 6.07) is 67.9. The number of benzene rings is 8. The molecule has 57 heavy (non-hydrogen) atoms. The van der Waals surface area contributed by atoms with Crippen LogP contribution in [0.2, 0.25) is 0 Å². The molecule has 0 atom stereocenters. The summed E-state index contributed by atoms with van der Waals surface area (Å²) in [5.74, 6) is 1.89. The van der Waals surface area contributed by atoms with E-state index in [1.165, 1.54) is 31.1 Å². The van der Waals surface area contributed by atoms with E-state index in [-0.39, 0.29) is 0 Å². The van der Waals surface area contributed by atoms with Crippen molar-refractivity contribution in [3.05, 3.63) is 194 Å². The first-order valence-electron chi connectivity index (χ1n) is 19.1. The van der Waals surface area contributed by atoms with Crippen LogP contribution in [0.25, 0.3) is 110 Å². The molecule has 0 saturated carbocycles. The van der Waals surface area contributed by atoms with Gasteiger partial charge in [-0.15, -0.1) is 11.3 Å². The lowest BCUT2D eigenvalue weighted by molar-refractivity contribution is 1.07. The van der Waals surface area contributed by atoms with Crippen LogP contribution >= 0.6 is 11.3 Å². The molecule has 3 heterocycles. The molecule has 4 nitrogen and oxygen atoms in total. The molecule has 8 aromatic carbocycles. The van der Waals surface area contributed by atoms with Crippen LogP contribution in [0, 0.1) is 0 Å². The van der Waals surface area contributed by atoms with Crippen molar-refractivity contribution in [1.29, 1.82) is 0 Å². The van der Waals surface area contributed by atoms with Crippen molar-refractivity contribution in [3.8, 4) is 67.7 Å². The maximum atomic E-state index is 5.32. The lowest BCUT2D eigenvalue weighted by Crippen LogP contribution is -2.00. The zero-order valence-corrected chi connectivity index (χ0v) is 31.5. The van der Waals surface area contributed by atoms with Crippen LogP contribution in [0.3, 0.4) is 0 Å². The Balaban J connectivity index is 1.13. The van der Waals surface area contributed by atoms with Crippen LogP contribution in [-0.2, 0) is 0 Å². The minimum absolute atomic E-state index is 0.624. The van der Waals surface area contributed by atoms with E-state index >= 15 is 0 Å². The monoisotopic (exact) mass is 744 g/mol. The van der Waals surface area contributed by atoms with Gasteiger partial charge in [0.1, 0.15) is 0 Å². The Labute approximate surface area is 333 Å². The molecular weight excluding hydrogens is 713 g/mol. The largest absolute Gasteiger partial charge is 0.247 e. The van der Waals surface area contributed by atoms with Gasteiger partial charge in [-0.2, -0.15) is 0 Å². The molecule has 0 radical (unpaired) electrons.